The van der Waals surface area contributed by atoms with Gasteiger partial charge in [0.2, 0.25) is 0 Å². The summed E-state index contributed by atoms with van der Waals surface area (Å²) < 4.78 is 0. The summed E-state index contributed by atoms with van der Waals surface area (Å²) in [6, 6.07) is 5.12. The van der Waals surface area contributed by atoms with Crippen molar-refractivity contribution in [2.45, 2.75) is 19.3 Å². The highest BCUT2D eigenvalue weighted by atomic mass is 16.3. The molecular weight excluding hydrogens is 190 g/mol. The maximum atomic E-state index is 11.9. The monoisotopic (exact) mass is 205 g/mol. The number of phenolic OH excluding ortho intramolecular Hbond substituents is 1. The predicted octanol–water partition coefficient (Wildman–Crippen LogP) is 1.76. The summed E-state index contributed by atoms with van der Waals surface area (Å²) in [5, 5.41) is 9.83. The van der Waals surface area contributed by atoms with Gasteiger partial charge >= 0.3 is 0 Å². The van der Waals surface area contributed by atoms with Gasteiger partial charge in [0, 0.05) is 30.1 Å². The van der Waals surface area contributed by atoms with Crippen molar-refractivity contribution in [3.05, 3.63) is 29.3 Å². The zero-order valence-corrected chi connectivity index (χ0v) is 9.24. The van der Waals surface area contributed by atoms with Gasteiger partial charge in [-0.15, -0.1) is 0 Å². The van der Waals surface area contributed by atoms with Crippen molar-refractivity contribution in [3.8, 4) is 5.75 Å². The van der Waals surface area contributed by atoms with E-state index in [1.165, 1.54) is 0 Å². The Morgan fingerprint density at radius 2 is 2.07 bits per heavy atom. The van der Waals surface area contributed by atoms with Crippen molar-refractivity contribution in [2.24, 2.45) is 0 Å². The zero-order valence-electron chi connectivity index (χ0n) is 9.24. The fraction of sp³-hybridized carbons (Fsp3) is 0.417. The Kier molecular flexibility index (Phi) is 2.00. The van der Waals surface area contributed by atoms with Crippen molar-refractivity contribution in [1.29, 1.82) is 0 Å². The molecule has 0 bridgehead atoms. The van der Waals surface area contributed by atoms with Crippen LogP contribution in [0.5, 0.6) is 5.75 Å². The molecule has 15 heavy (non-hydrogen) atoms. The van der Waals surface area contributed by atoms with Gasteiger partial charge in [0.1, 0.15) is 5.75 Å². The second-order valence-corrected chi connectivity index (χ2v) is 4.74. The number of phenols is 1. The summed E-state index contributed by atoms with van der Waals surface area (Å²) >= 11 is 0. The van der Waals surface area contributed by atoms with Crippen molar-refractivity contribution >= 4 is 5.91 Å². The van der Waals surface area contributed by atoms with Crippen molar-refractivity contribution in [2.75, 3.05) is 13.6 Å². The lowest BCUT2D eigenvalue weighted by Gasteiger charge is -2.37. The topological polar surface area (TPSA) is 40.5 Å². The Morgan fingerprint density at radius 3 is 2.73 bits per heavy atom. The minimum absolute atomic E-state index is 0.0137. The molecule has 2 rings (SSSR count). The quantitative estimate of drug-likeness (QED) is 0.701. The molecule has 0 radical (unpaired) electrons. The average molecular weight is 205 g/mol. The highest BCUT2D eigenvalue weighted by molar-refractivity contribution is 5.98. The molecule has 0 unspecified atom stereocenters. The Labute approximate surface area is 89.3 Å². The highest BCUT2D eigenvalue weighted by Crippen LogP contribution is 2.38. The van der Waals surface area contributed by atoms with E-state index in [0.717, 1.165) is 5.56 Å². The molecule has 0 aromatic heterocycles. The number of amides is 1. The average Bonchev–Trinajstić information content (AvgIpc) is 2.13. The first-order chi connectivity index (χ1) is 6.93. The van der Waals surface area contributed by atoms with Crippen LogP contribution >= 0.6 is 0 Å². The van der Waals surface area contributed by atoms with E-state index in [4.69, 9.17) is 0 Å². The molecule has 3 heteroatoms. The minimum atomic E-state index is -0.191. The largest absolute Gasteiger partial charge is 0.508 e. The normalized spacial score (nSPS) is 18.9. The van der Waals surface area contributed by atoms with E-state index in [-0.39, 0.29) is 17.1 Å². The fourth-order valence-corrected chi connectivity index (χ4v) is 2.38. The van der Waals surface area contributed by atoms with Crippen LogP contribution in [0.4, 0.5) is 0 Å². The van der Waals surface area contributed by atoms with Crippen LogP contribution in [0.25, 0.3) is 0 Å². The molecule has 0 saturated carbocycles. The molecule has 0 aliphatic carbocycles. The van der Waals surface area contributed by atoms with E-state index in [0.29, 0.717) is 12.1 Å². The molecule has 1 aliphatic rings. The lowest BCUT2D eigenvalue weighted by Crippen LogP contribution is -2.44. The van der Waals surface area contributed by atoms with Gasteiger partial charge < -0.3 is 10.0 Å². The van der Waals surface area contributed by atoms with Gasteiger partial charge in [-0.25, -0.2) is 0 Å². The molecule has 80 valence electrons. The molecule has 1 aliphatic heterocycles. The Balaban J connectivity index is 2.70. The number of hydrogen-bond acceptors (Lipinski definition) is 2. The van der Waals surface area contributed by atoms with Crippen molar-refractivity contribution in [1.82, 2.24) is 4.90 Å². The molecule has 1 amide bonds. The van der Waals surface area contributed by atoms with Gasteiger partial charge in [0.15, 0.2) is 0 Å². The summed E-state index contributed by atoms with van der Waals surface area (Å²) in [6.45, 7) is 4.71. The second kappa shape index (κ2) is 2.99. The summed E-state index contributed by atoms with van der Waals surface area (Å²) in [6.07, 6.45) is 0. The third-order valence-corrected chi connectivity index (χ3v) is 2.93. The second-order valence-electron chi connectivity index (χ2n) is 4.74. The number of likely N-dealkylation sites (N-methyl/N-ethyl adjacent to an activating group) is 1. The maximum absolute atomic E-state index is 11.9. The molecular formula is C12H15NO2. The SMILES string of the molecule is CN1CC(C)(C)c2c(O)cccc2C1=O. The van der Waals surface area contributed by atoms with Gasteiger partial charge in [-0.05, 0) is 12.1 Å². The van der Waals surface area contributed by atoms with Gasteiger partial charge in [-0.3, -0.25) is 4.79 Å². The minimum Gasteiger partial charge on any atom is -0.508 e. The number of fused-ring (bicyclic) bond motifs is 1. The van der Waals surface area contributed by atoms with E-state index >= 15 is 0 Å². The molecule has 0 fully saturated rings. The van der Waals surface area contributed by atoms with Crippen LogP contribution in [-0.4, -0.2) is 29.5 Å². The predicted molar refractivity (Wildman–Crippen MR) is 58.1 cm³/mol. The van der Waals surface area contributed by atoms with Gasteiger partial charge in [0.05, 0.1) is 0 Å². The number of aromatic hydroxyl groups is 1. The molecule has 1 N–H and O–H groups in total. The number of carbonyl (C=O) groups excluding carboxylic acids is 1. The number of rotatable bonds is 0. The van der Waals surface area contributed by atoms with Crippen LogP contribution in [0.3, 0.4) is 0 Å². The zero-order chi connectivity index (χ0) is 11.2. The number of benzene rings is 1. The molecule has 0 atom stereocenters. The van der Waals surface area contributed by atoms with E-state index < -0.39 is 0 Å². The molecule has 3 nitrogen and oxygen atoms in total. The molecule has 1 heterocycles. The summed E-state index contributed by atoms with van der Waals surface area (Å²) in [5.74, 6) is 0.208. The summed E-state index contributed by atoms with van der Waals surface area (Å²) in [5.41, 5.74) is 1.20. The van der Waals surface area contributed by atoms with Crippen LogP contribution < -0.4 is 0 Å². The van der Waals surface area contributed by atoms with Crippen LogP contribution in [0.15, 0.2) is 18.2 Å². The Morgan fingerprint density at radius 1 is 1.40 bits per heavy atom. The molecule has 1 aromatic rings. The van der Waals surface area contributed by atoms with Crippen molar-refractivity contribution in [3.63, 3.8) is 0 Å². The third kappa shape index (κ3) is 1.39. The first-order valence-electron chi connectivity index (χ1n) is 5.01. The van der Waals surface area contributed by atoms with Crippen LogP contribution in [0.1, 0.15) is 29.8 Å². The van der Waals surface area contributed by atoms with E-state index in [1.807, 2.05) is 13.8 Å². The number of carbonyl (C=O) groups is 1. The highest BCUT2D eigenvalue weighted by Gasteiger charge is 2.36. The molecule has 0 spiro atoms. The molecule has 0 saturated heterocycles. The van der Waals surface area contributed by atoms with Gasteiger partial charge in [0.25, 0.3) is 5.91 Å². The van der Waals surface area contributed by atoms with Crippen LogP contribution in [0.2, 0.25) is 0 Å². The van der Waals surface area contributed by atoms with E-state index in [1.54, 1.807) is 30.1 Å². The number of hydrogen-bond donors (Lipinski definition) is 1. The molecule has 1 aromatic carbocycles. The maximum Gasteiger partial charge on any atom is 0.254 e. The first-order valence-corrected chi connectivity index (χ1v) is 5.01. The van der Waals surface area contributed by atoms with Crippen LogP contribution in [0, 0.1) is 0 Å². The van der Waals surface area contributed by atoms with Crippen molar-refractivity contribution < 1.29 is 9.90 Å². The first kappa shape index (κ1) is 10.0. The smallest absolute Gasteiger partial charge is 0.254 e. The lowest BCUT2D eigenvalue weighted by molar-refractivity contribution is 0.0734. The van der Waals surface area contributed by atoms with Gasteiger partial charge in [-0.2, -0.15) is 0 Å². The third-order valence-electron chi connectivity index (χ3n) is 2.93. The Hall–Kier alpha value is -1.51. The summed E-state index contributed by atoms with van der Waals surface area (Å²) in [7, 11) is 1.79. The van der Waals surface area contributed by atoms with Gasteiger partial charge in [-0.1, -0.05) is 19.9 Å². The Bertz CT molecular complexity index is 424. The standard InChI is InChI=1S/C12H15NO2/c1-12(2)7-13(3)11(15)8-5-4-6-9(14)10(8)12/h4-6,14H,7H2,1-3H3. The van der Waals surface area contributed by atoms with Crippen LogP contribution in [-0.2, 0) is 5.41 Å². The fourth-order valence-electron chi connectivity index (χ4n) is 2.38. The number of nitrogens with zero attached hydrogens (tertiary/aromatic N) is 1. The summed E-state index contributed by atoms with van der Waals surface area (Å²) in [4.78, 5) is 13.6. The van der Waals surface area contributed by atoms with E-state index in [9.17, 15) is 9.90 Å². The lowest BCUT2D eigenvalue weighted by atomic mass is 9.77. The van der Waals surface area contributed by atoms with E-state index in [2.05, 4.69) is 0 Å².